The van der Waals surface area contributed by atoms with Gasteiger partial charge in [-0.25, -0.2) is 4.98 Å². The Kier molecular flexibility index (Phi) is 6.23. The number of amides is 1. The van der Waals surface area contributed by atoms with Crippen LogP contribution in [0.5, 0.6) is 0 Å². The molecule has 0 unspecified atom stereocenters. The molecule has 1 aromatic carbocycles. The quantitative estimate of drug-likeness (QED) is 0.350. The van der Waals surface area contributed by atoms with E-state index in [4.69, 9.17) is 4.98 Å². The lowest BCUT2D eigenvalue weighted by Crippen LogP contribution is -2.47. The molecule has 2 aliphatic carbocycles. The van der Waals surface area contributed by atoms with Crippen LogP contribution in [0.2, 0.25) is 0 Å². The highest BCUT2D eigenvalue weighted by molar-refractivity contribution is 6.04. The number of anilines is 1. The predicted molar refractivity (Wildman–Crippen MR) is 149 cm³/mol. The minimum atomic E-state index is -0.328. The first kappa shape index (κ1) is 25.3. The number of aryl methyl sites for hydroxylation is 2. The van der Waals surface area contributed by atoms with E-state index >= 15 is 0 Å². The fourth-order valence-corrected chi connectivity index (χ4v) is 6.39. The molecule has 0 saturated heterocycles. The molecule has 9 nitrogen and oxygen atoms in total. The van der Waals surface area contributed by atoms with Crippen LogP contribution in [-0.4, -0.2) is 35.8 Å². The largest absolute Gasteiger partial charge is 0.349 e. The minimum Gasteiger partial charge on any atom is -0.349 e. The summed E-state index contributed by atoms with van der Waals surface area (Å²) >= 11 is 0. The third kappa shape index (κ3) is 4.49. The number of fused-ring (bicyclic) bond motifs is 1. The topological polar surface area (TPSA) is 113 Å². The van der Waals surface area contributed by atoms with Gasteiger partial charge in [-0.2, -0.15) is 5.26 Å². The fourth-order valence-electron chi connectivity index (χ4n) is 6.39. The van der Waals surface area contributed by atoms with Crippen molar-refractivity contribution in [3.05, 3.63) is 71.6 Å². The Balaban J connectivity index is 1.27. The van der Waals surface area contributed by atoms with E-state index in [0.29, 0.717) is 30.3 Å². The van der Waals surface area contributed by atoms with Crippen LogP contribution in [0.1, 0.15) is 72.9 Å². The molecule has 2 saturated carbocycles. The fraction of sp³-hybridized carbons (Fsp3) is 0.433. The number of hydrogen-bond donors (Lipinski definition) is 2. The lowest BCUT2D eigenvalue weighted by atomic mass is 9.57. The minimum absolute atomic E-state index is 0.163. The van der Waals surface area contributed by atoms with Gasteiger partial charge in [-0.1, -0.05) is 12.1 Å². The molecule has 3 aromatic heterocycles. The Morgan fingerprint density at radius 2 is 2.00 bits per heavy atom. The summed E-state index contributed by atoms with van der Waals surface area (Å²) in [7, 11) is 3.96. The molecule has 2 N–H and O–H groups in total. The van der Waals surface area contributed by atoms with E-state index in [2.05, 4.69) is 44.5 Å². The third-order valence-electron chi connectivity index (χ3n) is 8.77. The average Bonchev–Trinajstić information content (AvgIpc) is 3.49. The summed E-state index contributed by atoms with van der Waals surface area (Å²) in [5, 5.41) is 24.5. The second-order valence-corrected chi connectivity index (χ2v) is 11.6. The van der Waals surface area contributed by atoms with E-state index in [0.717, 1.165) is 40.8 Å². The smallest absolute Gasteiger partial charge is 0.274 e. The SMILES string of the molecule is Cn1cnnc1C1(c2cccc(NC(=O)c3cc(CNC4(C)CCC4)c4c(ccn4C)n3)c2)CC(CC#N)C1. The summed E-state index contributed by atoms with van der Waals surface area (Å²) in [4.78, 5) is 18.2. The molecular formula is C30H34N8O. The van der Waals surface area contributed by atoms with E-state index < -0.39 is 0 Å². The summed E-state index contributed by atoms with van der Waals surface area (Å²) in [6.45, 7) is 2.95. The van der Waals surface area contributed by atoms with Gasteiger partial charge in [-0.05, 0) is 80.3 Å². The summed E-state index contributed by atoms with van der Waals surface area (Å²) in [5.74, 6) is 0.965. The number of nitriles is 1. The van der Waals surface area contributed by atoms with Crippen molar-refractivity contribution in [2.45, 2.75) is 62.9 Å². The molecule has 3 heterocycles. The number of hydrogen-bond acceptors (Lipinski definition) is 6. The van der Waals surface area contributed by atoms with Crippen LogP contribution >= 0.6 is 0 Å². The van der Waals surface area contributed by atoms with Gasteiger partial charge in [0.25, 0.3) is 5.91 Å². The molecule has 0 aliphatic heterocycles. The van der Waals surface area contributed by atoms with Gasteiger partial charge in [-0.3, -0.25) is 4.79 Å². The molecule has 39 heavy (non-hydrogen) atoms. The molecule has 1 amide bonds. The van der Waals surface area contributed by atoms with Crippen LogP contribution in [0.3, 0.4) is 0 Å². The number of nitrogens with zero attached hydrogens (tertiary/aromatic N) is 6. The number of carbonyl (C=O) groups excluding carboxylic acids is 1. The van der Waals surface area contributed by atoms with Gasteiger partial charge in [0.05, 0.1) is 22.5 Å². The number of pyridine rings is 1. The monoisotopic (exact) mass is 522 g/mol. The van der Waals surface area contributed by atoms with Crippen molar-refractivity contribution in [3.8, 4) is 6.07 Å². The van der Waals surface area contributed by atoms with Crippen LogP contribution in [0.25, 0.3) is 11.0 Å². The molecular weight excluding hydrogens is 488 g/mol. The molecule has 6 rings (SSSR count). The first-order valence-electron chi connectivity index (χ1n) is 13.6. The number of benzene rings is 1. The maximum absolute atomic E-state index is 13.5. The van der Waals surface area contributed by atoms with E-state index in [-0.39, 0.29) is 16.9 Å². The van der Waals surface area contributed by atoms with Gasteiger partial charge in [0.2, 0.25) is 0 Å². The third-order valence-corrected chi connectivity index (χ3v) is 8.77. The van der Waals surface area contributed by atoms with Crippen molar-refractivity contribution in [1.29, 1.82) is 5.26 Å². The van der Waals surface area contributed by atoms with Crippen molar-refractivity contribution in [3.63, 3.8) is 0 Å². The zero-order valence-corrected chi connectivity index (χ0v) is 22.7. The van der Waals surface area contributed by atoms with E-state index in [1.165, 1.54) is 19.3 Å². The molecule has 2 fully saturated rings. The van der Waals surface area contributed by atoms with Gasteiger partial charge < -0.3 is 19.8 Å². The Hall–Kier alpha value is -4.03. The van der Waals surface area contributed by atoms with Crippen molar-refractivity contribution >= 4 is 22.6 Å². The molecule has 0 spiro atoms. The number of aromatic nitrogens is 5. The first-order valence-corrected chi connectivity index (χ1v) is 13.6. The van der Waals surface area contributed by atoms with Crippen LogP contribution in [-0.2, 0) is 26.1 Å². The highest BCUT2D eigenvalue weighted by Gasteiger charge is 2.49. The number of rotatable bonds is 8. The van der Waals surface area contributed by atoms with Crippen molar-refractivity contribution in [2.75, 3.05) is 5.32 Å². The number of carbonyl (C=O) groups is 1. The lowest BCUT2D eigenvalue weighted by molar-refractivity contribution is 0.102. The highest BCUT2D eigenvalue weighted by Crippen LogP contribution is 2.53. The van der Waals surface area contributed by atoms with Crippen LogP contribution in [0, 0.1) is 17.2 Å². The summed E-state index contributed by atoms with van der Waals surface area (Å²) in [6.07, 6.45) is 9.47. The molecule has 2 aliphatic rings. The van der Waals surface area contributed by atoms with Crippen LogP contribution in [0.4, 0.5) is 5.69 Å². The van der Waals surface area contributed by atoms with E-state index in [1.807, 2.05) is 55.2 Å². The molecule has 0 bridgehead atoms. The summed E-state index contributed by atoms with van der Waals surface area (Å²) in [6, 6.07) is 14.1. The molecule has 0 atom stereocenters. The molecule has 4 aromatic rings. The highest BCUT2D eigenvalue weighted by atomic mass is 16.1. The summed E-state index contributed by atoms with van der Waals surface area (Å²) < 4.78 is 4.02. The normalized spacial score (nSPS) is 21.6. The second kappa shape index (κ2) is 9.62. The second-order valence-electron chi connectivity index (χ2n) is 11.6. The van der Waals surface area contributed by atoms with Crippen LogP contribution in [0.15, 0.2) is 48.9 Å². The first-order chi connectivity index (χ1) is 18.8. The standard InChI is InChI=1S/C30H34N8O/c1-29(10-5-11-29)32-18-21-14-25(35-24-9-13-37(2)26(21)24)27(39)34-23-7-4-6-22(15-23)30(16-20(17-30)8-12-31)28-36-33-19-38(28)3/h4,6-7,9,13-15,19-20,32H,5,8,10-11,16-18H2,1-3H3,(H,34,39). The Bertz CT molecular complexity index is 1580. The van der Waals surface area contributed by atoms with Gasteiger partial charge in [0.15, 0.2) is 0 Å². The van der Waals surface area contributed by atoms with E-state index in [9.17, 15) is 10.1 Å². The maximum Gasteiger partial charge on any atom is 0.274 e. The molecule has 9 heteroatoms. The molecule has 0 radical (unpaired) electrons. The van der Waals surface area contributed by atoms with Crippen molar-refractivity contribution in [1.82, 2.24) is 29.6 Å². The van der Waals surface area contributed by atoms with Crippen molar-refractivity contribution < 1.29 is 4.79 Å². The zero-order valence-electron chi connectivity index (χ0n) is 22.7. The predicted octanol–water partition coefficient (Wildman–Crippen LogP) is 4.60. The van der Waals surface area contributed by atoms with Gasteiger partial charge in [0.1, 0.15) is 17.8 Å². The zero-order chi connectivity index (χ0) is 27.2. The van der Waals surface area contributed by atoms with Gasteiger partial charge >= 0.3 is 0 Å². The average molecular weight is 523 g/mol. The molecule has 200 valence electrons. The number of nitrogens with one attached hydrogen (secondary N) is 2. The Morgan fingerprint density at radius 3 is 2.69 bits per heavy atom. The maximum atomic E-state index is 13.5. The summed E-state index contributed by atoms with van der Waals surface area (Å²) in [5.41, 5.74) is 4.94. The van der Waals surface area contributed by atoms with Crippen LogP contribution < -0.4 is 10.6 Å². The van der Waals surface area contributed by atoms with Crippen molar-refractivity contribution in [2.24, 2.45) is 20.0 Å². The Morgan fingerprint density at radius 1 is 1.18 bits per heavy atom. The Labute approximate surface area is 228 Å². The lowest BCUT2D eigenvalue weighted by Gasteiger charge is -2.46. The van der Waals surface area contributed by atoms with Gasteiger partial charge in [-0.15, -0.1) is 10.2 Å². The van der Waals surface area contributed by atoms with E-state index in [1.54, 1.807) is 6.33 Å². The van der Waals surface area contributed by atoms with Gasteiger partial charge in [0, 0.05) is 44.5 Å².